The minimum atomic E-state index is -1.46. The lowest BCUT2D eigenvalue weighted by Gasteiger charge is -2.28. The van der Waals surface area contributed by atoms with Crippen LogP contribution in [-0.2, 0) is 15.1 Å². The molecular formula is C14H18FNO3. The zero-order valence-electron chi connectivity index (χ0n) is 11.5. The van der Waals surface area contributed by atoms with Gasteiger partial charge in [-0.3, -0.25) is 0 Å². The average Bonchev–Trinajstić information content (AvgIpc) is 2.26. The smallest absolute Gasteiger partial charge is 0.408 e. The van der Waals surface area contributed by atoms with Crippen molar-refractivity contribution in [2.24, 2.45) is 0 Å². The van der Waals surface area contributed by atoms with Gasteiger partial charge in [-0.15, -0.1) is 0 Å². The maximum absolute atomic E-state index is 13.7. The summed E-state index contributed by atoms with van der Waals surface area (Å²) in [5.41, 5.74) is -2.06. The Bertz CT molecular complexity index is 482. The third-order valence-corrected chi connectivity index (χ3v) is 2.43. The van der Waals surface area contributed by atoms with Gasteiger partial charge in [0.25, 0.3) is 0 Å². The van der Waals surface area contributed by atoms with Crippen LogP contribution in [0.3, 0.4) is 0 Å². The van der Waals surface area contributed by atoms with Crippen molar-refractivity contribution in [2.45, 2.75) is 38.8 Å². The molecule has 0 fully saturated rings. The lowest BCUT2D eigenvalue weighted by Crippen LogP contribution is -2.47. The van der Waals surface area contributed by atoms with E-state index >= 15 is 0 Å². The summed E-state index contributed by atoms with van der Waals surface area (Å²) in [5.74, 6) is -0.562. The lowest BCUT2D eigenvalue weighted by molar-refractivity contribution is -0.113. The molecule has 0 aliphatic carbocycles. The zero-order valence-corrected chi connectivity index (χ0v) is 11.5. The molecule has 0 saturated heterocycles. The van der Waals surface area contributed by atoms with Crippen molar-refractivity contribution in [3.8, 4) is 0 Å². The van der Waals surface area contributed by atoms with Crippen LogP contribution < -0.4 is 5.32 Å². The molecule has 0 saturated carbocycles. The Hall–Kier alpha value is -1.91. The molecule has 1 aromatic rings. The molecule has 0 aliphatic heterocycles. The van der Waals surface area contributed by atoms with Gasteiger partial charge < -0.3 is 14.8 Å². The number of halogens is 1. The van der Waals surface area contributed by atoms with E-state index in [1.165, 1.54) is 25.1 Å². The first-order chi connectivity index (χ1) is 8.68. The largest absolute Gasteiger partial charge is 0.444 e. The van der Waals surface area contributed by atoms with E-state index in [0.29, 0.717) is 6.29 Å². The number of aldehydes is 1. The second-order valence-corrected chi connectivity index (χ2v) is 5.43. The molecule has 0 aromatic heterocycles. The van der Waals surface area contributed by atoms with Crippen LogP contribution in [0, 0.1) is 5.82 Å². The summed E-state index contributed by atoms with van der Waals surface area (Å²) in [4.78, 5) is 22.9. The number of amides is 1. The van der Waals surface area contributed by atoms with Gasteiger partial charge in [0.05, 0.1) is 0 Å². The minimum absolute atomic E-state index is 0.0934. The molecule has 1 aromatic carbocycles. The minimum Gasteiger partial charge on any atom is -0.444 e. The summed E-state index contributed by atoms with van der Waals surface area (Å²) in [6.07, 6.45) is -0.291. The molecule has 1 rings (SSSR count). The number of ether oxygens (including phenoxy) is 1. The molecule has 0 heterocycles. The number of alkyl carbamates (subject to hydrolysis) is 1. The first-order valence-electron chi connectivity index (χ1n) is 5.90. The van der Waals surface area contributed by atoms with Crippen molar-refractivity contribution in [3.05, 3.63) is 35.6 Å². The third kappa shape index (κ3) is 4.05. The van der Waals surface area contributed by atoms with Gasteiger partial charge in [0.2, 0.25) is 0 Å². The fourth-order valence-electron chi connectivity index (χ4n) is 1.56. The fourth-order valence-corrected chi connectivity index (χ4v) is 1.56. The highest BCUT2D eigenvalue weighted by atomic mass is 19.1. The van der Waals surface area contributed by atoms with E-state index in [4.69, 9.17) is 4.74 Å². The Morgan fingerprint density at radius 2 is 1.84 bits per heavy atom. The third-order valence-electron chi connectivity index (χ3n) is 2.43. The van der Waals surface area contributed by atoms with Gasteiger partial charge >= 0.3 is 6.09 Å². The predicted molar refractivity (Wildman–Crippen MR) is 69.2 cm³/mol. The fraction of sp³-hybridized carbons (Fsp3) is 0.429. The second kappa shape index (κ2) is 5.38. The van der Waals surface area contributed by atoms with Gasteiger partial charge in [-0.05, 0) is 33.8 Å². The highest BCUT2D eigenvalue weighted by Crippen LogP contribution is 2.22. The Kier molecular flexibility index (Phi) is 4.29. The molecule has 104 valence electrons. The standard InChI is InChI=1S/C14H18FNO3/c1-13(2,3)19-12(18)16-14(4,9-17)10-7-5-6-8-11(10)15/h5-9H,1-4H3,(H,16,18). The highest BCUT2D eigenvalue weighted by molar-refractivity contribution is 5.77. The average molecular weight is 267 g/mol. The molecule has 4 nitrogen and oxygen atoms in total. The summed E-state index contributed by atoms with van der Waals surface area (Å²) in [5, 5.41) is 2.39. The number of carbonyl (C=O) groups excluding carboxylic acids is 2. The lowest BCUT2D eigenvalue weighted by atomic mass is 9.93. The van der Waals surface area contributed by atoms with Gasteiger partial charge in [-0.25, -0.2) is 9.18 Å². The quantitative estimate of drug-likeness (QED) is 0.857. The van der Waals surface area contributed by atoms with Gasteiger partial charge in [-0.2, -0.15) is 0 Å². The summed E-state index contributed by atoms with van der Waals surface area (Å²) >= 11 is 0. The summed E-state index contributed by atoms with van der Waals surface area (Å²) in [6.45, 7) is 6.53. The van der Waals surface area contributed by atoms with Crippen LogP contribution in [0.5, 0.6) is 0 Å². The van der Waals surface area contributed by atoms with E-state index < -0.39 is 23.1 Å². The Morgan fingerprint density at radius 3 is 2.32 bits per heavy atom. The molecule has 1 N–H and O–H groups in total. The number of rotatable bonds is 3. The number of carbonyl (C=O) groups is 2. The molecule has 1 amide bonds. The van der Waals surface area contributed by atoms with E-state index in [-0.39, 0.29) is 5.56 Å². The van der Waals surface area contributed by atoms with E-state index in [1.807, 2.05) is 0 Å². The van der Waals surface area contributed by atoms with Crippen molar-refractivity contribution in [2.75, 3.05) is 0 Å². The van der Waals surface area contributed by atoms with Crippen LogP contribution in [0.2, 0.25) is 0 Å². The summed E-state index contributed by atoms with van der Waals surface area (Å²) < 4.78 is 18.8. The van der Waals surface area contributed by atoms with E-state index in [1.54, 1.807) is 26.8 Å². The first kappa shape index (κ1) is 15.1. The van der Waals surface area contributed by atoms with Crippen LogP contribution in [0.1, 0.15) is 33.3 Å². The Labute approximate surface area is 112 Å². The van der Waals surface area contributed by atoms with Gasteiger partial charge in [0, 0.05) is 5.56 Å². The number of benzene rings is 1. The van der Waals surface area contributed by atoms with Gasteiger partial charge in [0.1, 0.15) is 23.2 Å². The molecule has 19 heavy (non-hydrogen) atoms. The summed E-state index contributed by atoms with van der Waals surface area (Å²) in [7, 11) is 0. The van der Waals surface area contributed by atoms with E-state index in [2.05, 4.69) is 5.32 Å². The highest BCUT2D eigenvalue weighted by Gasteiger charge is 2.32. The molecule has 1 unspecified atom stereocenters. The summed E-state index contributed by atoms with van der Waals surface area (Å²) in [6, 6.07) is 5.78. The van der Waals surface area contributed by atoms with Crippen LogP contribution in [0.4, 0.5) is 9.18 Å². The van der Waals surface area contributed by atoms with Gasteiger partial charge in [0.15, 0.2) is 0 Å². The molecule has 0 aliphatic rings. The molecule has 0 spiro atoms. The SMILES string of the molecule is CC(C)(C)OC(=O)NC(C)(C=O)c1ccccc1F. The normalized spacial score (nSPS) is 14.4. The van der Waals surface area contributed by atoms with Crippen LogP contribution in [-0.4, -0.2) is 18.0 Å². The van der Waals surface area contributed by atoms with E-state index in [0.717, 1.165) is 0 Å². The monoisotopic (exact) mass is 267 g/mol. The second-order valence-electron chi connectivity index (χ2n) is 5.43. The van der Waals surface area contributed by atoms with Crippen LogP contribution in [0.15, 0.2) is 24.3 Å². The van der Waals surface area contributed by atoms with Crippen molar-refractivity contribution in [3.63, 3.8) is 0 Å². The molecular weight excluding hydrogens is 249 g/mol. The van der Waals surface area contributed by atoms with Crippen molar-refractivity contribution in [1.29, 1.82) is 0 Å². The molecule has 1 atom stereocenters. The molecule has 0 bridgehead atoms. The van der Waals surface area contributed by atoms with Crippen molar-refractivity contribution in [1.82, 2.24) is 5.32 Å². The molecule has 5 heteroatoms. The molecule has 0 radical (unpaired) electrons. The van der Waals surface area contributed by atoms with Gasteiger partial charge in [-0.1, -0.05) is 18.2 Å². The Morgan fingerprint density at radius 1 is 1.26 bits per heavy atom. The zero-order chi connectivity index (χ0) is 14.7. The van der Waals surface area contributed by atoms with E-state index in [9.17, 15) is 14.0 Å². The first-order valence-corrected chi connectivity index (χ1v) is 5.90. The van der Waals surface area contributed by atoms with Crippen molar-refractivity contribution < 1.29 is 18.7 Å². The Balaban J connectivity index is 2.97. The maximum atomic E-state index is 13.7. The number of hydrogen-bond donors (Lipinski definition) is 1. The predicted octanol–water partition coefficient (Wildman–Crippen LogP) is 2.76. The van der Waals surface area contributed by atoms with Crippen molar-refractivity contribution >= 4 is 12.4 Å². The maximum Gasteiger partial charge on any atom is 0.408 e. The topological polar surface area (TPSA) is 55.4 Å². The number of nitrogens with one attached hydrogen (secondary N) is 1. The van der Waals surface area contributed by atoms with Crippen LogP contribution >= 0.6 is 0 Å². The number of hydrogen-bond acceptors (Lipinski definition) is 3. The van der Waals surface area contributed by atoms with Crippen LogP contribution in [0.25, 0.3) is 0 Å².